The van der Waals surface area contributed by atoms with Crippen molar-refractivity contribution in [3.63, 3.8) is 0 Å². The molecule has 0 aliphatic heterocycles. The summed E-state index contributed by atoms with van der Waals surface area (Å²) in [5, 5.41) is 0. The minimum atomic E-state index is -4.16. The van der Waals surface area contributed by atoms with Crippen LogP contribution in [-0.4, -0.2) is 13.0 Å². The minimum absolute atomic E-state index is 0.424. The molecule has 0 unspecified atom stereocenters. The summed E-state index contributed by atoms with van der Waals surface area (Å²) in [4.78, 5) is 0. The lowest BCUT2D eigenvalue weighted by Crippen LogP contribution is -2.11. The highest BCUT2D eigenvalue weighted by atomic mass is 32.2. The molecule has 1 aromatic carbocycles. The molecule has 0 amide bonds. The van der Waals surface area contributed by atoms with Gasteiger partial charge in [-0.1, -0.05) is 25.1 Å². The largest absolute Gasteiger partial charge is 0.357 e. The standard InChI is InChI=1S/C8H11NO3S/c1-2-7-5-3-4-6-8(7)9-13(10,11)12/h3-6,9H,2H2,1H3,(H,10,11,12). The Kier molecular flexibility index (Phi) is 2.90. The first-order chi connectivity index (χ1) is 6.03. The van der Waals surface area contributed by atoms with Gasteiger partial charge in [-0.2, -0.15) is 8.42 Å². The van der Waals surface area contributed by atoms with E-state index in [4.69, 9.17) is 4.55 Å². The monoisotopic (exact) mass is 201 g/mol. The average molecular weight is 201 g/mol. The Morgan fingerprint density at radius 1 is 1.38 bits per heavy atom. The molecule has 2 N–H and O–H groups in total. The molecule has 0 aliphatic carbocycles. The lowest BCUT2D eigenvalue weighted by atomic mass is 10.1. The van der Waals surface area contributed by atoms with Gasteiger partial charge >= 0.3 is 10.3 Å². The average Bonchev–Trinajstić information content (AvgIpc) is 2.02. The molecule has 5 heteroatoms. The van der Waals surface area contributed by atoms with Crippen LogP contribution >= 0.6 is 0 Å². The Morgan fingerprint density at radius 2 is 2.00 bits per heavy atom. The van der Waals surface area contributed by atoms with Crippen LogP contribution in [0.1, 0.15) is 12.5 Å². The molecule has 0 saturated carbocycles. The lowest BCUT2D eigenvalue weighted by molar-refractivity contribution is 0.489. The Balaban J connectivity index is 3.01. The lowest BCUT2D eigenvalue weighted by Gasteiger charge is -2.06. The van der Waals surface area contributed by atoms with Crippen LogP contribution < -0.4 is 4.72 Å². The number of aryl methyl sites for hydroxylation is 1. The summed E-state index contributed by atoms with van der Waals surface area (Å²) in [6.07, 6.45) is 0.707. The first kappa shape index (κ1) is 10.0. The first-order valence-electron chi connectivity index (χ1n) is 3.86. The molecule has 0 heterocycles. The molecule has 0 aromatic heterocycles. The Bertz CT molecular complexity index is 386. The molecule has 0 bridgehead atoms. The van der Waals surface area contributed by atoms with Crippen LogP contribution in [0.2, 0.25) is 0 Å². The van der Waals surface area contributed by atoms with E-state index in [1.165, 1.54) is 0 Å². The highest BCUT2D eigenvalue weighted by Gasteiger charge is 2.06. The van der Waals surface area contributed by atoms with Crippen LogP contribution in [0.15, 0.2) is 24.3 Å². The number of hydrogen-bond acceptors (Lipinski definition) is 2. The fourth-order valence-corrected chi connectivity index (χ4v) is 1.54. The van der Waals surface area contributed by atoms with Gasteiger partial charge in [-0.15, -0.1) is 0 Å². The van der Waals surface area contributed by atoms with Crippen LogP contribution in [0.5, 0.6) is 0 Å². The van der Waals surface area contributed by atoms with Crippen LogP contribution in [0.3, 0.4) is 0 Å². The third kappa shape index (κ3) is 3.04. The molecule has 72 valence electrons. The molecule has 1 rings (SSSR count). The second-order valence-electron chi connectivity index (χ2n) is 2.59. The normalized spacial score (nSPS) is 11.2. The van der Waals surface area contributed by atoms with Crippen molar-refractivity contribution < 1.29 is 13.0 Å². The maximum absolute atomic E-state index is 10.5. The van der Waals surface area contributed by atoms with Crippen molar-refractivity contribution in [2.75, 3.05) is 4.72 Å². The highest BCUT2D eigenvalue weighted by molar-refractivity contribution is 7.87. The molecule has 13 heavy (non-hydrogen) atoms. The topological polar surface area (TPSA) is 66.4 Å². The summed E-state index contributed by atoms with van der Waals surface area (Å²) in [5.74, 6) is 0. The summed E-state index contributed by atoms with van der Waals surface area (Å²) >= 11 is 0. The van der Waals surface area contributed by atoms with Crippen molar-refractivity contribution in [3.05, 3.63) is 29.8 Å². The number of anilines is 1. The van der Waals surface area contributed by atoms with E-state index in [1.807, 2.05) is 17.7 Å². The highest BCUT2D eigenvalue weighted by Crippen LogP contribution is 2.15. The van der Waals surface area contributed by atoms with Gasteiger partial charge in [0.15, 0.2) is 0 Å². The fraction of sp³-hybridized carbons (Fsp3) is 0.250. The third-order valence-electron chi connectivity index (χ3n) is 1.64. The number of benzene rings is 1. The summed E-state index contributed by atoms with van der Waals surface area (Å²) in [5.41, 5.74) is 1.27. The maximum atomic E-state index is 10.5. The van der Waals surface area contributed by atoms with Crippen LogP contribution in [0.25, 0.3) is 0 Å². The third-order valence-corrected chi connectivity index (χ3v) is 2.12. The molecule has 0 spiro atoms. The number of hydrogen-bond donors (Lipinski definition) is 2. The van der Waals surface area contributed by atoms with Gasteiger partial charge < -0.3 is 0 Å². The van der Waals surface area contributed by atoms with E-state index < -0.39 is 10.3 Å². The van der Waals surface area contributed by atoms with Crippen molar-refractivity contribution in [2.24, 2.45) is 0 Å². The van der Waals surface area contributed by atoms with Gasteiger partial charge in [0.25, 0.3) is 0 Å². The van der Waals surface area contributed by atoms with Gasteiger partial charge in [-0.3, -0.25) is 9.27 Å². The van der Waals surface area contributed by atoms with Crippen LogP contribution in [0.4, 0.5) is 5.69 Å². The van der Waals surface area contributed by atoms with E-state index >= 15 is 0 Å². The number of rotatable bonds is 3. The van der Waals surface area contributed by atoms with E-state index in [2.05, 4.69) is 0 Å². The van der Waals surface area contributed by atoms with Gasteiger partial charge in [-0.25, -0.2) is 0 Å². The van der Waals surface area contributed by atoms with Gasteiger partial charge in [0, 0.05) is 0 Å². The zero-order chi connectivity index (χ0) is 9.90. The van der Waals surface area contributed by atoms with Crippen LogP contribution in [-0.2, 0) is 16.7 Å². The number of para-hydroxylation sites is 1. The second kappa shape index (κ2) is 3.76. The van der Waals surface area contributed by atoms with E-state index in [1.54, 1.807) is 18.2 Å². The first-order valence-corrected chi connectivity index (χ1v) is 5.30. The van der Waals surface area contributed by atoms with Gasteiger partial charge in [0.1, 0.15) is 0 Å². The summed E-state index contributed by atoms with van der Waals surface area (Å²) in [6.45, 7) is 1.91. The van der Waals surface area contributed by atoms with Crippen molar-refractivity contribution in [3.8, 4) is 0 Å². The summed E-state index contributed by atoms with van der Waals surface area (Å²) in [7, 11) is -4.16. The molecule has 4 nitrogen and oxygen atoms in total. The zero-order valence-electron chi connectivity index (χ0n) is 7.19. The quantitative estimate of drug-likeness (QED) is 0.727. The van der Waals surface area contributed by atoms with E-state index in [-0.39, 0.29) is 0 Å². The van der Waals surface area contributed by atoms with E-state index in [0.717, 1.165) is 5.56 Å². The summed E-state index contributed by atoms with van der Waals surface area (Å²) in [6, 6.07) is 6.92. The fourth-order valence-electron chi connectivity index (χ4n) is 1.07. The van der Waals surface area contributed by atoms with E-state index in [9.17, 15) is 8.42 Å². The van der Waals surface area contributed by atoms with Crippen molar-refractivity contribution >= 4 is 16.0 Å². The molecular formula is C8H11NO3S. The van der Waals surface area contributed by atoms with Gasteiger partial charge in [0.2, 0.25) is 0 Å². The smallest absolute Gasteiger partial charge is 0.269 e. The van der Waals surface area contributed by atoms with Gasteiger partial charge in [0.05, 0.1) is 5.69 Å². The van der Waals surface area contributed by atoms with E-state index in [0.29, 0.717) is 12.1 Å². The minimum Gasteiger partial charge on any atom is -0.269 e. The van der Waals surface area contributed by atoms with Gasteiger partial charge in [-0.05, 0) is 18.1 Å². The summed E-state index contributed by atoms with van der Waals surface area (Å²) < 4.78 is 31.6. The Labute approximate surface area is 77.5 Å². The Hall–Kier alpha value is -1.07. The zero-order valence-corrected chi connectivity index (χ0v) is 8.00. The predicted molar refractivity (Wildman–Crippen MR) is 51.0 cm³/mol. The maximum Gasteiger partial charge on any atom is 0.357 e. The molecule has 0 aliphatic rings. The predicted octanol–water partition coefficient (Wildman–Crippen LogP) is 1.46. The van der Waals surface area contributed by atoms with Crippen LogP contribution in [0, 0.1) is 0 Å². The molecule has 0 fully saturated rings. The second-order valence-corrected chi connectivity index (χ2v) is 3.74. The van der Waals surface area contributed by atoms with Crippen molar-refractivity contribution in [2.45, 2.75) is 13.3 Å². The van der Waals surface area contributed by atoms with Crippen molar-refractivity contribution in [1.82, 2.24) is 0 Å². The molecule has 0 atom stereocenters. The molecule has 1 aromatic rings. The molecule has 0 radical (unpaired) electrons. The molecular weight excluding hydrogens is 190 g/mol. The SMILES string of the molecule is CCc1ccccc1NS(=O)(=O)O. The molecule has 0 saturated heterocycles. The number of nitrogens with one attached hydrogen (secondary N) is 1. The Morgan fingerprint density at radius 3 is 2.54 bits per heavy atom. The van der Waals surface area contributed by atoms with Crippen molar-refractivity contribution in [1.29, 1.82) is 0 Å².